The standard InChI is InChI=1S/C13H18O2/c1-2-9-5-3-6-10(9)13-11(14)7-4-8-12(13)15/h4,7-10,14-15H,2-3,5-6H2,1H3. The van der Waals surface area contributed by atoms with E-state index in [0.29, 0.717) is 11.8 Å². The van der Waals surface area contributed by atoms with Crippen molar-refractivity contribution in [2.24, 2.45) is 5.92 Å². The van der Waals surface area contributed by atoms with Crippen molar-refractivity contribution in [3.8, 4) is 11.5 Å². The van der Waals surface area contributed by atoms with Gasteiger partial charge in [-0.1, -0.05) is 25.8 Å². The Morgan fingerprint density at radius 2 is 1.87 bits per heavy atom. The molecular weight excluding hydrogens is 188 g/mol. The van der Waals surface area contributed by atoms with Crippen LogP contribution in [0.2, 0.25) is 0 Å². The molecule has 0 amide bonds. The predicted octanol–water partition coefficient (Wildman–Crippen LogP) is 3.39. The van der Waals surface area contributed by atoms with Crippen molar-refractivity contribution in [1.29, 1.82) is 0 Å². The third-order valence-corrected chi connectivity index (χ3v) is 3.61. The predicted molar refractivity (Wildman–Crippen MR) is 60.1 cm³/mol. The summed E-state index contributed by atoms with van der Waals surface area (Å²) in [4.78, 5) is 0. The molecular formula is C13H18O2. The summed E-state index contributed by atoms with van der Waals surface area (Å²) in [5.41, 5.74) is 0.766. The van der Waals surface area contributed by atoms with Gasteiger partial charge in [-0.05, 0) is 36.8 Å². The molecule has 0 heterocycles. The van der Waals surface area contributed by atoms with Gasteiger partial charge in [0, 0.05) is 5.56 Å². The van der Waals surface area contributed by atoms with Crippen LogP contribution in [0.3, 0.4) is 0 Å². The van der Waals surface area contributed by atoms with Crippen molar-refractivity contribution in [2.45, 2.75) is 38.5 Å². The molecule has 0 aliphatic heterocycles. The number of phenolic OH excluding ortho intramolecular Hbond substituents is 2. The van der Waals surface area contributed by atoms with Crippen LogP contribution < -0.4 is 0 Å². The Kier molecular flexibility index (Phi) is 2.85. The fourth-order valence-electron chi connectivity index (χ4n) is 2.83. The smallest absolute Gasteiger partial charge is 0.122 e. The number of phenols is 2. The van der Waals surface area contributed by atoms with Crippen LogP contribution in [-0.4, -0.2) is 10.2 Å². The van der Waals surface area contributed by atoms with E-state index in [2.05, 4.69) is 6.92 Å². The maximum Gasteiger partial charge on any atom is 0.122 e. The molecule has 2 heteroatoms. The fourth-order valence-corrected chi connectivity index (χ4v) is 2.83. The molecule has 0 saturated heterocycles. The molecule has 1 aromatic rings. The van der Waals surface area contributed by atoms with E-state index < -0.39 is 0 Å². The number of aromatic hydroxyl groups is 2. The molecule has 1 fully saturated rings. The Labute approximate surface area is 90.6 Å². The average molecular weight is 206 g/mol. The second-order valence-corrected chi connectivity index (χ2v) is 4.42. The van der Waals surface area contributed by atoms with E-state index in [1.807, 2.05) is 0 Å². The Hall–Kier alpha value is -1.18. The summed E-state index contributed by atoms with van der Waals surface area (Å²) in [5, 5.41) is 19.6. The first-order chi connectivity index (χ1) is 7.24. The molecule has 82 valence electrons. The SMILES string of the molecule is CCC1CCCC1c1c(O)cccc1O. The summed E-state index contributed by atoms with van der Waals surface area (Å²) in [5.74, 6) is 1.46. The lowest BCUT2D eigenvalue weighted by atomic mass is 9.86. The minimum absolute atomic E-state index is 0.250. The van der Waals surface area contributed by atoms with Gasteiger partial charge in [0.1, 0.15) is 11.5 Å². The summed E-state index contributed by atoms with van der Waals surface area (Å²) in [7, 11) is 0. The first-order valence-electron chi connectivity index (χ1n) is 5.75. The first-order valence-corrected chi connectivity index (χ1v) is 5.75. The van der Waals surface area contributed by atoms with Crippen molar-refractivity contribution >= 4 is 0 Å². The molecule has 0 bridgehead atoms. The molecule has 1 aromatic carbocycles. The zero-order chi connectivity index (χ0) is 10.8. The molecule has 0 aromatic heterocycles. The minimum Gasteiger partial charge on any atom is -0.508 e. The van der Waals surface area contributed by atoms with Crippen molar-refractivity contribution in [1.82, 2.24) is 0 Å². The van der Waals surface area contributed by atoms with Gasteiger partial charge in [0.05, 0.1) is 0 Å². The van der Waals surface area contributed by atoms with Gasteiger partial charge in [0.25, 0.3) is 0 Å². The third-order valence-electron chi connectivity index (χ3n) is 3.61. The van der Waals surface area contributed by atoms with Crippen LogP contribution in [0.4, 0.5) is 0 Å². The second-order valence-electron chi connectivity index (χ2n) is 4.42. The minimum atomic E-state index is 0.250. The molecule has 2 atom stereocenters. The molecule has 2 nitrogen and oxygen atoms in total. The van der Waals surface area contributed by atoms with Crippen molar-refractivity contribution in [3.05, 3.63) is 23.8 Å². The quantitative estimate of drug-likeness (QED) is 0.778. The summed E-state index contributed by atoms with van der Waals surface area (Å²) in [6, 6.07) is 5.02. The monoisotopic (exact) mass is 206 g/mol. The molecule has 2 N–H and O–H groups in total. The fraction of sp³-hybridized carbons (Fsp3) is 0.538. The van der Waals surface area contributed by atoms with E-state index in [-0.39, 0.29) is 11.5 Å². The van der Waals surface area contributed by atoms with E-state index in [4.69, 9.17) is 0 Å². The van der Waals surface area contributed by atoms with Gasteiger partial charge >= 0.3 is 0 Å². The van der Waals surface area contributed by atoms with E-state index in [1.54, 1.807) is 18.2 Å². The van der Waals surface area contributed by atoms with Gasteiger partial charge in [-0.25, -0.2) is 0 Å². The highest BCUT2D eigenvalue weighted by atomic mass is 16.3. The van der Waals surface area contributed by atoms with Gasteiger partial charge in [-0.2, -0.15) is 0 Å². The Balaban J connectivity index is 2.36. The maximum atomic E-state index is 9.81. The van der Waals surface area contributed by atoms with Gasteiger partial charge in [-0.3, -0.25) is 0 Å². The van der Waals surface area contributed by atoms with Crippen LogP contribution in [0.1, 0.15) is 44.1 Å². The second kappa shape index (κ2) is 4.13. The Morgan fingerprint density at radius 1 is 1.20 bits per heavy atom. The maximum absolute atomic E-state index is 9.81. The van der Waals surface area contributed by atoms with Gasteiger partial charge in [0.2, 0.25) is 0 Å². The summed E-state index contributed by atoms with van der Waals surface area (Å²) in [6.07, 6.45) is 4.63. The highest BCUT2D eigenvalue weighted by molar-refractivity contribution is 5.46. The van der Waals surface area contributed by atoms with E-state index in [9.17, 15) is 10.2 Å². The molecule has 1 saturated carbocycles. The Morgan fingerprint density at radius 3 is 2.47 bits per heavy atom. The highest BCUT2D eigenvalue weighted by Crippen LogP contribution is 2.47. The normalized spacial score (nSPS) is 25.7. The van der Waals surface area contributed by atoms with Gasteiger partial charge in [-0.15, -0.1) is 0 Å². The summed E-state index contributed by atoms with van der Waals surface area (Å²) in [6.45, 7) is 2.18. The molecule has 2 unspecified atom stereocenters. The molecule has 1 aliphatic carbocycles. The van der Waals surface area contributed by atoms with Crippen molar-refractivity contribution in [2.75, 3.05) is 0 Å². The molecule has 2 rings (SSSR count). The molecule has 0 radical (unpaired) electrons. The van der Waals surface area contributed by atoms with E-state index >= 15 is 0 Å². The van der Waals surface area contributed by atoms with Crippen LogP contribution >= 0.6 is 0 Å². The van der Waals surface area contributed by atoms with Crippen molar-refractivity contribution < 1.29 is 10.2 Å². The van der Waals surface area contributed by atoms with Crippen LogP contribution in [0, 0.1) is 5.92 Å². The average Bonchev–Trinajstić information content (AvgIpc) is 2.65. The number of hydrogen-bond donors (Lipinski definition) is 2. The lowest BCUT2D eigenvalue weighted by Gasteiger charge is -2.20. The lowest BCUT2D eigenvalue weighted by molar-refractivity contribution is 0.399. The number of rotatable bonds is 2. The molecule has 1 aliphatic rings. The lowest BCUT2D eigenvalue weighted by Crippen LogP contribution is -2.05. The van der Waals surface area contributed by atoms with Gasteiger partial charge in [0.15, 0.2) is 0 Å². The van der Waals surface area contributed by atoms with Crippen LogP contribution in [-0.2, 0) is 0 Å². The van der Waals surface area contributed by atoms with E-state index in [0.717, 1.165) is 18.4 Å². The Bertz CT molecular complexity index is 326. The summed E-state index contributed by atoms with van der Waals surface area (Å²) < 4.78 is 0. The molecule has 15 heavy (non-hydrogen) atoms. The first kappa shape index (κ1) is 10.3. The number of benzene rings is 1. The zero-order valence-corrected chi connectivity index (χ0v) is 9.11. The van der Waals surface area contributed by atoms with Crippen LogP contribution in [0.15, 0.2) is 18.2 Å². The van der Waals surface area contributed by atoms with E-state index in [1.165, 1.54) is 12.8 Å². The van der Waals surface area contributed by atoms with Crippen LogP contribution in [0.5, 0.6) is 11.5 Å². The van der Waals surface area contributed by atoms with Crippen LogP contribution in [0.25, 0.3) is 0 Å². The third kappa shape index (κ3) is 1.81. The van der Waals surface area contributed by atoms with Crippen molar-refractivity contribution in [3.63, 3.8) is 0 Å². The summed E-state index contributed by atoms with van der Waals surface area (Å²) >= 11 is 0. The number of hydrogen-bond acceptors (Lipinski definition) is 2. The van der Waals surface area contributed by atoms with Gasteiger partial charge < -0.3 is 10.2 Å². The zero-order valence-electron chi connectivity index (χ0n) is 9.11. The highest BCUT2D eigenvalue weighted by Gasteiger charge is 2.30. The topological polar surface area (TPSA) is 40.5 Å². The largest absolute Gasteiger partial charge is 0.508 e. The molecule has 0 spiro atoms.